The molecule has 4 nitrogen and oxygen atoms in total. The first-order chi connectivity index (χ1) is 10.1. The van der Waals surface area contributed by atoms with Gasteiger partial charge in [0.2, 0.25) is 0 Å². The lowest BCUT2D eigenvalue weighted by Gasteiger charge is -2.11. The van der Waals surface area contributed by atoms with E-state index < -0.39 is 0 Å². The zero-order chi connectivity index (χ0) is 15.2. The standard InChI is InChI=1S/C16H18FNO3/c1-18-10-11-4-12(17)6-15(5-11)21-16-8-13(19-2)7-14(9-16)20-3/h4-9,18H,10H2,1-3H3. The highest BCUT2D eigenvalue weighted by Gasteiger charge is 2.06. The minimum Gasteiger partial charge on any atom is -0.496 e. The first kappa shape index (κ1) is 15.1. The highest BCUT2D eigenvalue weighted by atomic mass is 19.1. The molecule has 0 aromatic heterocycles. The van der Waals surface area contributed by atoms with Gasteiger partial charge in [-0.25, -0.2) is 4.39 Å². The van der Waals surface area contributed by atoms with Crippen LogP contribution in [-0.4, -0.2) is 21.3 Å². The number of methoxy groups -OCH3 is 2. The Balaban J connectivity index is 2.28. The normalized spacial score (nSPS) is 10.3. The van der Waals surface area contributed by atoms with Crippen LogP contribution in [0, 0.1) is 5.82 Å². The van der Waals surface area contributed by atoms with E-state index in [4.69, 9.17) is 14.2 Å². The Hall–Kier alpha value is -2.27. The van der Waals surface area contributed by atoms with E-state index in [-0.39, 0.29) is 5.82 Å². The summed E-state index contributed by atoms with van der Waals surface area (Å²) < 4.78 is 29.6. The van der Waals surface area contributed by atoms with Crippen molar-refractivity contribution in [2.75, 3.05) is 21.3 Å². The number of hydrogen-bond donors (Lipinski definition) is 1. The maximum atomic E-state index is 13.6. The molecule has 112 valence electrons. The van der Waals surface area contributed by atoms with Gasteiger partial charge in [0.15, 0.2) is 0 Å². The van der Waals surface area contributed by atoms with Crippen LogP contribution in [0.4, 0.5) is 4.39 Å². The minimum atomic E-state index is -0.340. The topological polar surface area (TPSA) is 39.7 Å². The summed E-state index contributed by atoms with van der Waals surface area (Å²) in [5.41, 5.74) is 0.808. The van der Waals surface area contributed by atoms with Crippen molar-refractivity contribution in [1.29, 1.82) is 0 Å². The average molecular weight is 291 g/mol. The Morgan fingerprint density at radius 3 is 2.00 bits per heavy atom. The molecule has 0 aliphatic rings. The Labute approximate surface area is 123 Å². The van der Waals surface area contributed by atoms with Gasteiger partial charge in [-0.3, -0.25) is 0 Å². The van der Waals surface area contributed by atoms with Crippen molar-refractivity contribution in [3.63, 3.8) is 0 Å². The van der Waals surface area contributed by atoms with E-state index in [1.807, 2.05) is 0 Å². The van der Waals surface area contributed by atoms with Gasteiger partial charge in [0.1, 0.15) is 28.8 Å². The third-order valence-electron chi connectivity index (χ3n) is 2.87. The fourth-order valence-corrected chi connectivity index (χ4v) is 1.96. The zero-order valence-electron chi connectivity index (χ0n) is 12.3. The summed E-state index contributed by atoms with van der Waals surface area (Å²) in [4.78, 5) is 0. The Morgan fingerprint density at radius 1 is 0.857 bits per heavy atom. The Morgan fingerprint density at radius 2 is 1.43 bits per heavy atom. The molecule has 5 heteroatoms. The number of hydrogen-bond acceptors (Lipinski definition) is 4. The summed E-state index contributed by atoms with van der Waals surface area (Å²) in [5, 5.41) is 2.98. The molecule has 0 saturated heterocycles. The monoisotopic (exact) mass is 291 g/mol. The summed E-state index contributed by atoms with van der Waals surface area (Å²) in [5.74, 6) is 1.82. The molecule has 0 amide bonds. The summed E-state index contributed by atoms with van der Waals surface area (Å²) in [6.07, 6.45) is 0. The minimum absolute atomic E-state index is 0.340. The van der Waals surface area contributed by atoms with Crippen LogP contribution in [0.15, 0.2) is 36.4 Å². The molecular formula is C16H18FNO3. The van der Waals surface area contributed by atoms with Crippen LogP contribution in [0.5, 0.6) is 23.0 Å². The van der Waals surface area contributed by atoms with E-state index in [2.05, 4.69) is 5.32 Å². The van der Waals surface area contributed by atoms with Crippen LogP contribution in [0.25, 0.3) is 0 Å². The third kappa shape index (κ3) is 4.10. The molecule has 0 bridgehead atoms. The predicted molar refractivity (Wildman–Crippen MR) is 78.8 cm³/mol. The molecule has 0 aliphatic carbocycles. The summed E-state index contributed by atoms with van der Waals surface area (Å²) in [7, 11) is 4.93. The molecule has 0 radical (unpaired) electrons. The van der Waals surface area contributed by atoms with Crippen molar-refractivity contribution in [3.05, 3.63) is 47.8 Å². The lowest BCUT2D eigenvalue weighted by atomic mass is 10.2. The van der Waals surface area contributed by atoms with E-state index in [1.165, 1.54) is 12.1 Å². The van der Waals surface area contributed by atoms with E-state index in [0.29, 0.717) is 29.5 Å². The van der Waals surface area contributed by atoms with E-state index in [0.717, 1.165) is 5.56 Å². The van der Waals surface area contributed by atoms with E-state index in [1.54, 1.807) is 45.5 Å². The van der Waals surface area contributed by atoms with Gasteiger partial charge in [-0.1, -0.05) is 0 Å². The first-order valence-electron chi connectivity index (χ1n) is 6.49. The largest absolute Gasteiger partial charge is 0.496 e. The number of benzene rings is 2. The number of halogens is 1. The molecule has 0 spiro atoms. The van der Waals surface area contributed by atoms with Gasteiger partial charge in [0.05, 0.1) is 14.2 Å². The van der Waals surface area contributed by atoms with Gasteiger partial charge in [0, 0.05) is 30.8 Å². The molecule has 1 N–H and O–H groups in total. The second kappa shape index (κ2) is 6.95. The second-order valence-corrected chi connectivity index (χ2v) is 4.48. The number of ether oxygens (including phenoxy) is 3. The molecule has 0 heterocycles. The van der Waals surface area contributed by atoms with Gasteiger partial charge in [-0.05, 0) is 24.7 Å². The van der Waals surface area contributed by atoms with Gasteiger partial charge in [0.25, 0.3) is 0 Å². The fraction of sp³-hybridized carbons (Fsp3) is 0.250. The second-order valence-electron chi connectivity index (χ2n) is 4.48. The highest BCUT2D eigenvalue weighted by Crippen LogP contribution is 2.31. The molecule has 21 heavy (non-hydrogen) atoms. The molecule has 2 aromatic rings. The molecule has 0 atom stereocenters. The van der Waals surface area contributed by atoms with Crippen LogP contribution in [0.2, 0.25) is 0 Å². The number of nitrogens with one attached hydrogen (secondary N) is 1. The quantitative estimate of drug-likeness (QED) is 0.886. The van der Waals surface area contributed by atoms with Crippen molar-refractivity contribution >= 4 is 0 Å². The molecule has 2 rings (SSSR count). The number of rotatable bonds is 6. The molecule has 0 aliphatic heterocycles. The van der Waals surface area contributed by atoms with Gasteiger partial charge >= 0.3 is 0 Å². The smallest absolute Gasteiger partial charge is 0.134 e. The fourth-order valence-electron chi connectivity index (χ4n) is 1.96. The van der Waals surface area contributed by atoms with Gasteiger partial charge < -0.3 is 19.5 Å². The van der Waals surface area contributed by atoms with Gasteiger partial charge in [-0.2, -0.15) is 0 Å². The molecule has 0 saturated carbocycles. The highest BCUT2D eigenvalue weighted by molar-refractivity contribution is 5.44. The molecule has 2 aromatic carbocycles. The van der Waals surface area contributed by atoms with Crippen molar-refractivity contribution in [3.8, 4) is 23.0 Å². The average Bonchev–Trinajstić information content (AvgIpc) is 2.46. The van der Waals surface area contributed by atoms with Crippen molar-refractivity contribution in [2.24, 2.45) is 0 Å². The molecule has 0 fully saturated rings. The Kier molecular flexibility index (Phi) is 5.00. The molecule has 0 unspecified atom stereocenters. The van der Waals surface area contributed by atoms with Crippen LogP contribution in [-0.2, 0) is 6.54 Å². The van der Waals surface area contributed by atoms with Crippen LogP contribution >= 0.6 is 0 Å². The summed E-state index contributed by atoms with van der Waals surface area (Å²) >= 11 is 0. The SMILES string of the molecule is CNCc1cc(F)cc(Oc2cc(OC)cc(OC)c2)c1. The summed E-state index contributed by atoms with van der Waals surface area (Å²) in [6, 6.07) is 9.76. The van der Waals surface area contributed by atoms with Crippen molar-refractivity contribution in [2.45, 2.75) is 6.54 Å². The predicted octanol–water partition coefficient (Wildman–Crippen LogP) is 3.35. The van der Waals surface area contributed by atoms with Crippen LogP contribution in [0.3, 0.4) is 0 Å². The lowest BCUT2D eigenvalue weighted by Crippen LogP contribution is -2.05. The lowest BCUT2D eigenvalue weighted by molar-refractivity contribution is 0.386. The maximum Gasteiger partial charge on any atom is 0.134 e. The van der Waals surface area contributed by atoms with E-state index >= 15 is 0 Å². The van der Waals surface area contributed by atoms with Crippen molar-refractivity contribution < 1.29 is 18.6 Å². The van der Waals surface area contributed by atoms with Crippen molar-refractivity contribution in [1.82, 2.24) is 5.32 Å². The van der Waals surface area contributed by atoms with Gasteiger partial charge in [-0.15, -0.1) is 0 Å². The zero-order valence-corrected chi connectivity index (χ0v) is 12.3. The summed E-state index contributed by atoms with van der Waals surface area (Å²) in [6.45, 7) is 0.565. The Bertz CT molecular complexity index is 594. The van der Waals surface area contributed by atoms with Crippen LogP contribution < -0.4 is 19.5 Å². The molecular weight excluding hydrogens is 273 g/mol. The van der Waals surface area contributed by atoms with E-state index in [9.17, 15) is 4.39 Å². The third-order valence-corrected chi connectivity index (χ3v) is 2.87. The van der Waals surface area contributed by atoms with Crippen LogP contribution in [0.1, 0.15) is 5.56 Å². The maximum absolute atomic E-state index is 13.6. The first-order valence-corrected chi connectivity index (χ1v) is 6.49.